The summed E-state index contributed by atoms with van der Waals surface area (Å²) in [5.41, 5.74) is 2.69. The number of rotatable bonds is 4. The van der Waals surface area contributed by atoms with Gasteiger partial charge in [0.05, 0.1) is 0 Å². The molecule has 0 unspecified atom stereocenters. The summed E-state index contributed by atoms with van der Waals surface area (Å²) in [5.74, 6) is 1.33. The maximum absolute atomic E-state index is 4.03. The quantitative estimate of drug-likeness (QED) is 0.549. The second-order valence-corrected chi connectivity index (χ2v) is 4.32. The van der Waals surface area contributed by atoms with Crippen LogP contribution in [0.5, 0.6) is 0 Å². The van der Waals surface area contributed by atoms with Crippen LogP contribution in [0, 0.1) is 11.8 Å². The van der Waals surface area contributed by atoms with Gasteiger partial charge in [0.25, 0.3) is 0 Å². The molecule has 0 fully saturated rings. The predicted molar refractivity (Wildman–Crippen MR) is 57.2 cm³/mol. The van der Waals surface area contributed by atoms with Crippen molar-refractivity contribution >= 4 is 0 Å². The summed E-state index contributed by atoms with van der Waals surface area (Å²) >= 11 is 0. The SMILES string of the molecule is C=C(C=C(C)CC(C)C)C(C)C. The molecule has 0 aliphatic heterocycles. The van der Waals surface area contributed by atoms with Gasteiger partial charge in [0.15, 0.2) is 0 Å². The van der Waals surface area contributed by atoms with Gasteiger partial charge < -0.3 is 0 Å². The first-order valence-corrected chi connectivity index (χ1v) is 4.79. The van der Waals surface area contributed by atoms with E-state index in [0.717, 1.165) is 5.92 Å². The predicted octanol–water partition coefficient (Wildman–Crippen LogP) is 4.19. The Balaban J connectivity index is 4.07. The highest BCUT2D eigenvalue weighted by atomic mass is 14.0. The van der Waals surface area contributed by atoms with Crippen LogP contribution in [0.25, 0.3) is 0 Å². The van der Waals surface area contributed by atoms with Gasteiger partial charge in [-0.2, -0.15) is 0 Å². The zero-order valence-electron chi connectivity index (χ0n) is 9.15. The smallest absolute Gasteiger partial charge is 0.0225 e. The number of hydrogen-bond acceptors (Lipinski definition) is 0. The van der Waals surface area contributed by atoms with Crippen molar-refractivity contribution in [1.29, 1.82) is 0 Å². The van der Waals surface area contributed by atoms with E-state index in [1.807, 2.05) is 0 Å². The Morgan fingerprint density at radius 1 is 1.25 bits per heavy atom. The van der Waals surface area contributed by atoms with E-state index in [4.69, 9.17) is 0 Å². The Kier molecular flexibility index (Phi) is 4.96. The van der Waals surface area contributed by atoms with E-state index in [2.05, 4.69) is 47.3 Å². The second kappa shape index (κ2) is 5.18. The van der Waals surface area contributed by atoms with E-state index in [9.17, 15) is 0 Å². The minimum atomic E-state index is 0.576. The Bertz CT molecular complexity index is 170. The maximum Gasteiger partial charge on any atom is -0.0225 e. The average Bonchev–Trinajstić information content (AvgIpc) is 1.84. The second-order valence-electron chi connectivity index (χ2n) is 4.32. The summed E-state index contributed by atoms with van der Waals surface area (Å²) in [6, 6.07) is 0. The Hall–Kier alpha value is -0.520. The summed E-state index contributed by atoms with van der Waals surface area (Å²) in [6.07, 6.45) is 3.41. The van der Waals surface area contributed by atoms with Crippen molar-refractivity contribution in [2.24, 2.45) is 11.8 Å². The number of allylic oxidation sites excluding steroid dienone is 3. The fraction of sp³-hybridized carbons (Fsp3) is 0.667. The standard InChI is InChI=1S/C12H22/c1-9(2)7-11(5)8-12(6)10(3)4/h8-10H,6-7H2,1-5H3. The molecule has 0 aliphatic rings. The normalized spacial score (nSPS) is 12.8. The summed E-state index contributed by atoms with van der Waals surface area (Å²) in [5, 5.41) is 0. The molecule has 12 heavy (non-hydrogen) atoms. The molecule has 70 valence electrons. The van der Waals surface area contributed by atoms with Crippen LogP contribution >= 0.6 is 0 Å². The largest absolute Gasteiger partial charge is 0.0956 e. The minimum absolute atomic E-state index is 0.576. The van der Waals surface area contributed by atoms with Crippen molar-refractivity contribution in [3.05, 3.63) is 23.8 Å². The molecule has 0 heteroatoms. The summed E-state index contributed by atoms with van der Waals surface area (Å²) in [6.45, 7) is 15.1. The zero-order valence-corrected chi connectivity index (χ0v) is 9.15. The molecule has 0 bridgehead atoms. The molecule has 0 saturated carbocycles. The lowest BCUT2D eigenvalue weighted by molar-refractivity contribution is 0.640. The Morgan fingerprint density at radius 2 is 1.75 bits per heavy atom. The fourth-order valence-electron chi connectivity index (χ4n) is 1.19. The molecule has 0 aromatic carbocycles. The van der Waals surface area contributed by atoms with Gasteiger partial charge in [0.2, 0.25) is 0 Å². The first kappa shape index (κ1) is 11.5. The van der Waals surface area contributed by atoms with Crippen molar-refractivity contribution in [3.8, 4) is 0 Å². The summed E-state index contributed by atoms with van der Waals surface area (Å²) < 4.78 is 0. The van der Waals surface area contributed by atoms with Gasteiger partial charge in [-0.1, -0.05) is 51.5 Å². The fourth-order valence-corrected chi connectivity index (χ4v) is 1.19. The lowest BCUT2D eigenvalue weighted by Crippen LogP contribution is -1.92. The lowest BCUT2D eigenvalue weighted by atomic mass is 9.98. The van der Waals surface area contributed by atoms with Crippen LogP contribution in [0.15, 0.2) is 23.8 Å². The summed E-state index contributed by atoms with van der Waals surface area (Å²) in [7, 11) is 0. The van der Waals surface area contributed by atoms with Gasteiger partial charge in [-0.3, -0.25) is 0 Å². The van der Waals surface area contributed by atoms with E-state index in [0.29, 0.717) is 5.92 Å². The van der Waals surface area contributed by atoms with Gasteiger partial charge in [-0.25, -0.2) is 0 Å². The van der Waals surface area contributed by atoms with E-state index >= 15 is 0 Å². The van der Waals surface area contributed by atoms with Crippen LogP contribution in [0.3, 0.4) is 0 Å². The minimum Gasteiger partial charge on any atom is -0.0956 e. The van der Waals surface area contributed by atoms with Crippen LogP contribution in [-0.2, 0) is 0 Å². The van der Waals surface area contributed by atoms with Crippen molar-refractivity contribution in [1.82, 2.24) is 0 Å². The molecule has 0 aromatic heterocycles. The van der Waals surface area contributed by atoms with Gasteiger partial charge in [-0.15, -0.1) is 0 Å². The highest BCUT2D eigenvalue weighted by Gasteiger charge is 1.99. The van der Waals surface area contributed by atoms with Gasteiger partial charge in [0, 0.05) is 0 Å². The third-order valence-corrected chi connectivity index (χ3v) is 1.90. The van der Waals surface area contributed by atoms with Crippen molar-refractivity contribution in [2.45, 2.75) is 41.0 Å². The van der Waals surface area contributed by atoms with Crippen LogP contribution in [0.4, 0.5) is 0 Å². The van der Waals surface area contributed by atoms with E-state index < -0.39 is 0 Å². The van der Waals surface area contributed by atoms with Gasteiger partial charge >= 0.3 is 0 Å². The molecule has 0 radical (unpaired) electrons. The van der Waals surface area contributed by atoms with Crippen molar-refractivity contribution < 1.29 is 0 Å². The summed E-state index contributed by atoms with van der Waals surface area (Å²) in [4.78, 5) is 0. The van der Waals surface area contributed by atoms with Crippen LogP contribution in [-0.4, -0.2) is 0 Å². The van der Waals surface area contributed by atoms with Crippen molar-refractivity contribution in [2.75, 3.05) is 0 Å². The van der Waals surface area contributed by atoms with Crippen LogP contribution in [0.1, 0.15) is 41.0 Å². The Morgan fingerprint density at radius 3 is 2.08 bits per heavy atom. The highest BCUT2D eigenvalue weighted by Crippen LogP contribution is 2.15. The molecule has 0 amide bonds. The van der Waals surface area contributed by atoms with Gasteiger partial charge in [0.1, 0.15) is 0 Å². The molecule has 0 N–H and O–H groups in total. The van der Waals surface area contributed by atoms with E-state index in [-0.39, 0.29) is 0 Å². The molecule has 0 spiro atoms. The first-order valence-electron chi connectivity index (χ1n) is 4.79. The van der Waals surface area contributed by atoms with E-state index in [1.165, 1.54) is 17.6 Å². The maximum atomic E-state index is 4.03. The van der Waals surface area contributed by atoms with E-state index in [1.54, 1.807) is 0 Å². The zero-order chi connectivity index (χ0) is 9.72. The number of hydrogen-bond donors (Lipinski definition) is 0. The molecular weight excluding hydrogens is 144 g/mol. The molecular formula is C12H22. The third kappa shape index (κ3) is 5.17. The average molecular weight is 166 g/mol. The topological polar surface area (TPSA) is 0 Å². The Labute approximate surface area is 77.4 Å². The molecule has 0 aromatic rings. The molecule has 0 rings (SSSR count). The first-order chi connectivity index (χ1) is 5.43. The molecule has 0 nitrogen and oxygen atoms in total. The molecule has 0 aliphatic carbocycles. The van der Waals surface area contributed by atoms with Gasteiger partial charge in [-0.05, 0) is 25.2 Å². The van der Waals surface area contributed by atoms with Crippen LogP contribution < -0.4 is 0 Å². The lowest BCUT2D eigenvalue weighted by Gasteiger charge is -2.08. The molecule has 0 saturated heterocycles. The molecule has 0 atom stereocenters. The third-order valence-electron chi connectivity index (χ3n) is 1.90. The highest BCUT2D eigenvalue weighted by molar-refractivity contribution is 5.21. The van der Waals surface area contributed by atoms with Crippen molar-refractivity contribution in [3.63, 3.8) is 0 Å². The molecule has 0 heterocycles. The monoisotopic (exact) mass is 166 g/mol. The van der Waals surface area contributed by atoms with Crippen LogP contribution in [0.2, 0.25) is 0 Å².